The summed E-state index contributed by atoms with van der Waals surface area (Å²) in [6.07, 6.45) is 7.57. The molecule has 0 aromatic heterocycles. The van der Waals surface area contributed by atoms with Gasteiger partial charge in [-0.05, 0) is 83.8 Å². The van der Waals surface area contributed by atoms with Crippen LogP contribution in [0.1, 0.15) is 51.0 Å². The molecule has 0 heterocycles. The molecule has 0 unspecified atom stereocenters. The average Bonchev–Trinajstić information content (AvgIpc) is 2.76. The van der Waals surface area contributed by atoms with E-state index in [1.54, 1.807) is 6.07 Å². The van der Waals surface area contributed by atoms with Crippen LogP contribution in [0.3, 0.4) is 0 Å². The summed E-state index contributed by atoms with van der Waals surface area (Å²) in [5, 5.41) is 1.96. The average molecular weight is 406 g/mol. The van der Waals surface area contributed by atoms with Gasteiger partial charge < -0.3 is 0 Å². The molecule has 0 spiro atoms. The van der Waals surface area contributed by atoms with Crippen molar-refractivity contribution in [3.05, 3.63) is 71.5 Å². The highest BCUT2D eigenvalue weighted by Gasteiger charge is 2.18. The van der Waals surface area contributed by atoms with Crippen LogP contribution in [0, 0.1) is 41.1 Å². The summed E-state index contributed by atoms with van der Waals surface area (Å²) in [6.45, 7) is 2.25. The molecule has 0 nitrogen and oxygen atoms in total. The van der Waals surface area contributed by atoms with E-state index < -0.39 is 17.5 Å². The van der Waals surface area contributed by atoms with Gasteiger partial charge in [-0.15, -0.1) is 0 Å². The molecule has 0 bridgehead atoms. The smallest absolute Gasteiger partial charge is 0.194 e. The molecular weight excluding hydrogens is 381 g/mol. The van der Waals surface area contributed by atoms with Crippen molar-refractivity contribution in [2.75, 3.05) is 0 Å². The second kappa shape index (κ2) is 8.96. The molecule has 0 radical (unpaired) electrons. The minimum Gasteiger partial charge on any atom is -0.204 e. The van der Waals surface area contributed by atoms with Gasteiger partial charge in [-0.3, -0.25) is 0 Å². The third-order valence-corrected chi connectivity index (χ3v) is 6.12. The molecule has 1 aliphatic carbocycles. The van der Waals surface area contributed by atoms with E-state index in [-0.39, 0.29) is 0 Å². The first kappa shape index (κ1) is 20.5. The third kappa shape index (κ3) is 4.54. The number of fused-ring (bicyclic) bond motifs is 1. The maximum atomic E-state index is 13.6. The Morgan fingerprint density at radius 2 is 1.47 bits per heavy atom. The molecule has 0 atom stereocenters. The quantitative estimate of drug-likeness (QED) is 0.306. The topological polar surface area (TPSA) is 0 Å². The minimum atomic E-state index is -1.44. The van der Waals surface area contributed by atoms with E-state index in [0.717, 1.165) is 34.4 Å². The Labute approximate surface area is 176 Å². The van der Waals surface area contributed by atoms with Crippen molar-refractivity contribution in [1.29, 1.82) is 0 Å². The summed E-state index contributed by atoms with van der Waals surface area (Å²) >= 11 is 0. The first-order valence-electron chi connectivity index (χ1n) is 10.7. The maximum absolute atomic E-state index is 13.6. The highest BCUT2D eigenvalue weighted by atomic mass is 19.2. The van der Waals surface area contributed by atoms with Crippen LogP contribution in [0.2, 0.25) is 0 Å². The third-order valence-electron chi connectivity index (χ3n) is 6.12. The molecule has 3 aromatic rings. The summed E-state index contributed by atoms with van der Waals surface area (Å²) in [4.78, 5) is 0. The molecule has 0 aliphatic heterocycles. The van der Waals surface area contributed by atoms with Gasteiger partial charge in [0, 0.05) is 11.5 Å². The Balaban J connectivity index is 1.52. The minimum absolute atomic E-state index is 0.316. The van der Waals surface area contributed by atoms with Crippen molar-refractivity contribution in [3.63, 3.8) is 0 Å². The highest BCUT2D eigenvalue weighted by molar-refractivity contribution is 5.88. The van der Waals surface area contributed by atoms with Crippen LogP contribution >= 0.6 is 0 Å². The van der Waals surface area contributed by atoms with Crippen molar-refractivity contribution in [2.45, 2.75) is 45.4 Å². The fourth-order valence-electron chi connectivity index (χ4n) is 4.41. The van der Waals surface area contributed by atoms with Gasteiger partial charge in [0.25, 0.3) is 0 Å². The van der Waals surface area contributed by atoms with E-state index >= 15 is 0 Å². The van der Waals surface area contributed by atoms with Crippen LogP contribution in [0.25, 0.3) is 21.9 Å². The Kier molecular flexibility index (Phi) is 6.13. The Hall–Kier alpha value is -2.73. The molecule has 1 aliphatic rings. The molecule has 1 fully saturated rings. The Morgan fingerprint density at radius 1 is 0.800 bits per heavy atom. The lowest BCUT2D eigenvalue weighted by Gasteiger charge is -2.25. The fourth-order valence-corrected chi connectivity index (χ4v) is 4.41. The first-order chi connectivity index (χ1) is 14.5. The first-order valence-corrected chi connectivity index (χ1v) is 10.7. The monoisotopic (exact) mass is 406 g/mol. The van der Waals surface area contributed by atoms with Crippen molar-refractivity contribution >= 4 is 10.8 Å². The van der Waals surface area contributed by atoms with Crippen molar-refractivity contribution in [1.82, 2.24) is 0 Å². The molecule has 0 amide bonds. The molecule has 154 valence electrons. The summed E-state index contributed by atoms with van der Waals surface area (Å²) < 4.78 is 40.3. The van der Waals surface area contributed by atoms with Gasteiger partial charge in [0.2, 0.25) is 0 Å². The van der Waals surface area contributed by atoms with Gasteiger partial charge in [0.15, 0.2) is 17.5 Å². The molecule has 0 N–H and O–H groups in total. The summed E-state index contributed by atoms with van der Waals surface area (Å²) in [7, 11) is 0. The second-order valence-corrected chi connectivity index (χ2v) is 8.31. The number of hydrogen-bond acceptors (Lipinski definition) is 0. The SMILES string of the molecule is CCC[C@H]1CC[C@H](C#Cc2ccc3cc(-c4cc(F)c(F)c(F)c4)ccc3c2)CC1. The maximum Gasteiger partial charge on any atom is 0.194 e. The standard InChI is InChI=1S/C27H25F3/c1-2-3-18-4-6-19(7-5-18)8-9-20-10-11-22-15-23(13-12-21(22)14-20)24-16-25(28)27(30)26(29)17-24/h10-19H,2-7H2,1H3/t18-,19-. The predicted octanol–water partition coefficient (Wildman–Crippen LogP) is 7.88. The van der Waals surface area contributed by atoms with Gasteiger partial charge >= 0.3 is 0 Å². The fraction of sp³-hybridized carbons (Fsp3) is 0.333. The number of rotatable bonds is 3. The second-order valence-electron chi connectivity index (χ2n) is 8.31. The Morgan fingerprint density at radius 3 is 2.17 bits per heavy atom. The lowest BCUT2D eigenvalue weighted by molar-refractivity contribution is 0.300. The van der Waals surface area contributed by atoms with E-state index in [9.17, 15) is 13.2 Å². The van der Waals surface area contributed by atoms with Crippen molar-refractivity contribution < 1.29 is 13.2 Å². The number of benzene rings is 3. The lowest BCUT2D eigenvalue weighted by Crippen LogP contribution is -2.13. The largest absolute Gasteiger partial charge is 0.204 e. The number of halogens is 3. The van der Waals surface area contributed by atoms with E-state index in [2.05, 4.69) is 18.8 Å². The predicted molar refractivity (Wildman–Crippen MR) is 116 cm³/mol. The van der Waals surface area contributed by atoms with Crippen LogP contribution in [0.15, 0.2) is 48.5 Å². The summed E-state index contributed by atoms with van der Waals surface area (Å²) in [6, 6.07) is 13.6. The summed E-state index contributed by atoms with van der Waals surface area (Å²) in [5.41, 5.74) is 1.93. The summed E-state index contributed by atoms with van der Waals surface area (Å²) in [5.74, 6) is 4.34. The molecule has 4 rings (SSSR count). The molecule has 30 heavy (non-hydrogen) atoms. The highest BCUT2D eigenvalue weighted by Crippen LogP contribution is 2.31. The van der Waals surface area contributed by atoms with E-state index in [1.807, 2.05) is 30.3 Å². The van der Waals surface area contributed by atoms with Gasteiger partial charge in [-0.1, -0.05) is 49.8 Å². The van der Waals surface area contributed by atoms with E-state index in [1.165, 1.54) is 38.5 Å². The van der Waals surface area contributed by atoms with E-state index in [0.29, 0.717) is 17.0 Å². The van der Waals surface area contributed by atoms with Crippen molar-refractivity contribution in [3.8, 4) is 23.0 Å². The molecule has 1 saturated carbocycles. The zero-order valence-electron chi connectivity index (χ0n) is 17.2. The Bertz CT molecular complexity index is 1090. The van der Waals surface area contributed by atoms with Crippen molar-refractivity contribution in [2.24, 2.45) is 11.8 Å². The van der Waals surface area contributed by atoms with Gasteiger partial charge in [0.05, 0.1) is 0 Å². The number of hydrogen-bond donors (Lipinski definition) is 0. The van der Waals surface area contributed by atoms with Crippen LogP contribution in [-0.4, -0.2) is 0 Å². The van der Waals surface area contributed by atoms with E-state index in [4.69, 9.17) is 0 Å². The van der Waals surface area contributed by atoms with Gasteiger partial charge in [-0.25, -0.2) is 13.2 Å². The normalized spacial score (nSPS) is 18.8. The molecular formula is C27H25F3. The zero-order chi connectivity index (χ0) is 21.1. The van der Waals surface area contributed by atoms with Crippen LogP contribution < -0.4 is 0 Å². The van der Waals surface area contributed by atoms with Gasteiger partial charge in [-0.2, -0.15) is 0 Å². The van der Waals surface area contributed by atoms with Gasteiger partial charge in [0.1, 0.15) is 0 Å². The molecule has 3 aromatic carbocycles. The zero-order valence-corrected chi connectivity index (χ0v) is 17.2. The van der Waals surface area contributed by atoms with Crippen LogP contribution in [0.5, 0.6) is 0 Å². The molecule has 3 heteroatoms. The van der Waals surface area contributed by atoms with Crippen LogP contribution in [0.4, 0.5) is 13.2 Å². The molecule has 0 saturated heterocycles. The van der Waals surface area contributed by atoms with Crippen LogP contribution in [-0.2, 0) is 0 Å². The lowest BCUT2D eigenvalue weighted by atomic mass is 9.80.